The molecule has 0 spiro atoms. The molecule has 0 aliphatic carbocycles. The van der Waals surface area contributed by atoms with E-state index in [1.165, 1.54) is 23.5 Å². The molecule has 1 aliphatic heterocycles. The molecule has 1 fully saturated rings. The molecule has 238 valence electrons. The van der Waals surface area contributed by atoms with E-state index in [4.69, 9.17) is 18.9 Å². The number of benzene rings is 3. The number of alkyl carbamates (subject to hydrolysis) is 1. The van der Waals surface area contributed by atoms with E-state index in [9.17, 15) is 18.3 Å². The van der Waals surface area contributed by atoms with Crippen LogP contribution in [0.1, 0.15) is 25.8 Å². The van der Waals surface area contributed by atoms with E-state index in [-0.39, 0.29) is 36.4 Å². The fourth-order valence-electron chi connectivity index (χ4n) is 5.07. The van der Waals surface area contributed by atoms with Crippen LogP contribution in [0.2, 0.25) is 0 Å². The molecule has 1 aliphatic rings. The zero-order chi connectivity index (χ0) is 31.7. The SMILES string of the molecule is COc1ccc(S(=O)(=O)N(CC(C)C)C[C@@H](O)[C@H](Cc2cccc(-c3cccc(OC)c3)c2)NC(=O)O[C@H]2CCOC2)cc1. The Morgan fingerprint density at radius 3 is 2.30 bits per heavy atom. The van der Waals surface area contributed by atoms with Crippen LogP contribution in [0.3, 0.4) is 0 Å². The van der Waals surface area contributed by atoms with Gasteiger partial charge in [0.2, 0.25) is 10.0 Å². The van der Waals surface area contributed by atoms with Crippen molar-refractivity contribution in [2.75, 3.05) is 40.5 Å². The standard InChI is InChI=1S/C33H42N2O8S/c1-23(2)20-35(44(38,39)30-13-11-27(40-3)12-14-30)21-32(36)31(34-33(37)43-29-15-16-42-22-29)18-24-7-5-8-25(17-24)26-9-6-10-28(19-26)41-4/h5-14,17,19,23,29,31-32,36H,15-16,18,20-22H2,1-4H3,(H,34,37)/t29-,31-,32+/m0/s1. The van der Waals surface area contributed by atoms with E-state index < -0.39 is 28.3 Å². The molecule has 0 unspecified atom stereocenters. The molecule has 11 heteroatoms. The first-order chi connectivity index (χ1) is 21.1. The maximum Gasteiger partial charge on any atom is 0.407 e. The van der Waals surface area contributed by atoms with Gasteiger partial charge in [-0.15, -0.1) is 0 Å². The number of rotatable bonds is 14. The van der Waals surface area contributed by atoms with Gasteiger partial charge in [0.05, 0.1) is 44.5 Å². The van der Waals surface area contributed by atoms with E-state index in [2.05, 4.69) is 5.32 Å². The molecular weight excluding hydrogens is 584 g/mol. The van der Waals surface area contributed by atoms with Crippen LogP contribution in [0.4, 0.5) is 4.79 Å². The highest BCUT2D eigenvalue weighted by Crippen LogP contribution is 2.26. The Balaban J connectivity index is 1.59. The summed E-state index contributed by atoms with van der Waals surface area (Å²) in [6.07, 6.45) is -1.51. The Morgan fingerprint density at radius 2 is 1.66 bits per heavy atom. The van der Waals surface area contributed by atoms with Gasteiger partial charge in [0.1, 0.15) is 17.6 Å². The molecule has 10 nitrogen and oxygen atoms in total. The van der Waals surface area contributed by atoms with Gasteiger partial charge in [-0.05, 0) is 65.4 Å². The average Bonchev–Trinajstić information content (AvgIpc) is 3.53. The third kappa shape index (κ3) is 8.95. The lowest BCUT2D eigenvalue weighted by atomic mass is 9.97. The highest BCUT2D eigenvalue weighted by molar-refractivity contribution is 7.89. The Labute approximate surface area is 259 Å². The summed E-state index contributed by atoms with van der Waals surface area (Å²) in [5, 5.41) is 14.4. The van der Waals surface area contributed by atoms with Crippen LogP contribution in [0.25, 0.3) is 11.1 Å². The number of ether oxygens (including phenoxy) is 4. The van der Waals surface area contributed by atoms with Crippen molar-refractivity contribution >= 4 is 16.1 Å². The van der Waals surface area contributed by atoms with E-state index in [1.54, 1.807) is 19.2 Å². The quantitative estimate of drug-likeness (QED) is 0.268. The maximum atomic E-state index is 13.7. The lowest BCUT2D eigenvalue weighted by molar-refractivity contribution is 0.0644. The normalized spacial score (nSPS) is 16.5. The fourth-order valence-corrected chi connectivity index (χ4v) is 6.69. The Bertz CT molecular complexity index is 1470. The van der Waals surface area contributed by atoms with Crippen LogP contribution >= 0.6 is 0 Å². The van der Waals surface area contributed by atoms with Crippen molar-refractivity contribution in [1.82, 2.24) is 9.62 Å². The lowest BCUT2D eigenvalue weighted by Crippen LogP contribution is -2.51. The number of hydrogen-bond donors (Lipinski definition) is 2. The van der Waals surface area contributed by atoms with Crippen molar-refractivity contribution in [2.45, 2.75) is 49.8 Å². The molecule has 4 rings (SSSR count). The molecule has 2 N–H and O–H groups in total. The number of nitrogens with one attached hydrogen (secondary N) is 1. The van der Waals surface area contributed by atoms with Crippen LogP contribution in [0.15, 0.2) is 77.7 Å². The Kier molecular flexibility index (Phi) is 11.6. The number of sulfonamides is 1. The maximum absolute atomic E-state index is 13.7. The summed E-state index contributed by atoms with van der Waals surface area (Å²) in [5.41, 5.74) is 2.72. The summed E-state index contributed by atoms with van der Waals surface area (Å²) < 4.78 is 50.1. The lowest BCUT2D eigenvalue weighted by Gasteiger charge is -2.31. The predicted molar refractivity (Wildman–Crippen MR) is 167 cm³/mol. The van der Waals surface area contributed by atoms with Gasteiger partial charge in [0, 0.05) is 19.5 Å². The molecule has 3 aromatic rings. The molecule has 1 heterocycles. The van der Waals surface area contributed by atoms with Crippen molar-refractivity contribution < 1.29 is 37.3 Å². The minimum atomic E-state index is -3.97. The van der Waals surface area contributed by atoms with Gasteiger partial charge in [-0.2, -0.15) is 4.31 Å². The van der Waals surface area contributed by atoms with Gasteiger partial charge in [0.25, 0.3) is 0 Å². The molecule has 44 heavy (non-hydrogen) atoms. The van der Waals surface area contributed by atoms with Crippen molar-refractivity contribution in [1.29, 1.82) is 0 Å². The first kappa shape index (κ1) is 33.3. The first-order valence-electron chi connectivity index (χ1n) is 14.7. The molecule has 3 aromatic carbocycles. The highest BCUT2D eigenvalue weighted by Gasteiger charge is 2.32. The molecule has 1 amide bonds. The van der Waals surface area contributed by atoms with Gasteiger partial charge in [-0.3, -0.25) is 0 Å². The van der Waals surface area contributed by atoms with Crippen LogP contribution in [-0.4, -0.2) is 82.7 Å². The van der Waals surface area contributed by atoms with E-state index >= 15 is 0 Å². The number of carbonyl (C=O) groups is 1. The monoisotopic (exact) mass is 626 g/mol. The summed E-state index contributed by atoms with van der Waals surface area (Å²) in [7, 11) is -0.852. The number of aliphatic hydroxyl groups excluding tert-OH is 1. The molecule has 0 saturated carbocycles. The van der Waals surface area contributed by atoms with E-state index in [1.807, 2.05) is 62.4 Å². The Morgan fingerprint density at radius 1 is 0.977 bits per heavy atom. The van der Waals surface area contributed by atoms with Gasteiger partial charge in [0.15, 0.2) is 0 Å². The van der Waals surface area contributed by atoms with Crippen molar-refractivity contribution in [3.8, 4) is 22.6 Å². The second-order valence-corrected chi connectivity index (χ2v) is 13.2. The molecule has 3 atom stereocenters. The molecule has 1 saturated heterocycles. The molecule has 0 radical (unpaired) electrons. The summed E-state index contributed by atoms with van der Waals surface area (Å²) >= 11 is 0. The first-order valence-corrected chi connectivity index (χ1v) is 16.1. The average molecular weight is 627 g/mol. The minimum absolute atomic E-state index is 0.0199. The third-order valence-corrected chi connectivity index (χ3v) is 9.22. The number of hydrogen-bond acceptors (Lipinski definition) is 8. The fraction of sp³-hybridized carbons (Fsp3) is 0.424. The van der Waals surface area contributed by atoms with Crippen molar-refractivity contribution in [3.05, 3.63) is 78.4 Å². The summed E-state index contributed by atoms with van der Waals surface area (Å²) in [4.78, 5) is 13.0. The van der Waals surface area contributed by atoms with Crippen molar-refractivity contribution in [3.63, 3.8) is 0 Å². The van der Waals surface area contributed by atoms with Gasteiger partial charge in [-0.1, -0.05) is 50.2 Å². The van der Waals surface area contributed by atoms with Crippen LogP contribution in [0.5, 0.6) is 11.5 Å². The second-order valence-electron chi connectivity index (χ2n) is 11.2. The topological polar surface area (TPSA) is 124 Å². The number of aliphatic hydroxyl groups is 1. The summed E-state index contributed by atoms with van der Waals surface area (Å²) in [6.45, 7) is 4.57. The van der Waals surface area contributed by atoms with Crippen LogP contribution in [-0.2, 0) is 25.9 Å². The van der Waals surface area contributed by atoms with Gasteiger partial charge < -0.3 is 29.4 Å². The predicted octanol–water partition coefficient (Wildman–Crippen LogP) is 4.50. The zero-order valence-corrected chi connectivity index (χ0v) is 26.5. The smallest absolute Gasteiger partial charge is 0.407 e. The third-order valence-electron chi connectivity index (χ3n) is 7.37. The number of nitrogens with zero attached hydrogens (tertiary/aromatic N) is 1. The minimum Gasteiger partial charge on any atom is -0.497 e. The summed E-state index contributed by atoms with van der Waals surface area (Å²) in [6, 6.07) is 20.7. The van der Waals surface area contributed by atoms with Crippen LogP contribution in [0, 0.1) is 5.92 Å². The number of carbonyl (C=O) groups excluding carboxylic acids is 1. The summed E-state index contributed by atoms with van der Waals surface area (Å²) in [5.74, 6) is 1.24. The zero-order valence-electron chi connectivity index (χ0n) is 25.6. The van der Waals surface area contributed by atoms with E-state index in [0.717, 1.165) is 22.4 Å². The van der Waals surface area contributed by atoms with Crippen LogP contribution < -0.4 is 14.8 Å². The number of amides is 1. The number of methoxy groups -OCH3 is 2. The Hall–Kier alpha value is -3.64. The highest BCUT2D eigenvalue weighted by atomic mass is 32.2. The molecule has 0 aromatic heterocycles. The van der Waals surface area contributed by atoms with Crippen molar-refractivity contribution in [2.24, 2.45) is 5.92 Å². The molecule has 0 bridgehead atoms. The largest absolute Gasteiger partial charge is 0.497 e. The van der Waals surface area contributed by atoms with Gasteiger partial charge >= 0.3 is 6.09 Å². The molecular formula is C33H42N2O8S. The van der Waals surface area contributed by atoms with E-state index in [0.29, 0.717) is 25.4 Å². The second kappa shape index (κ2) is 15.4. The van der Waals surface area contributed by atoms with Gasteiger partial charge in [-0.25, -0.2) is 13.2 Å².